The summed E-state index contributed by atoms with van der Waals surface area (Å²) < 4.78 is 49.0. The van der Waals surface area contributed by atoms with E-state index in [0.29, 0.717) is 18.8 Å². The Labute approximate surface area is 155 Å². The van der Waals surface area contributed by atoms with Crippen molar-refractivity contribution >= 4 is 31.9 Å². The first-order chi connectivity index (χ1) is 10.9. The van der Waals surface area contributed by atoms with Crippen molar-refractivity contribution in [2.24, 2.45) is 17.8 Å². The van der Waals surface area contributed by atoms with E-state index in [0.717, 1.165) is 55.1 Å². The fraction of sp³-hybridized carbons (Fsp3) is 1.00. The van der Waals surface area contributed by atoms with Crippen molar-refractivity contribution in [1.29, 1.82) is 0 Å². The average molecular weight is 470 g/mol. The normalized spacial score (nSPS) is 31.3. The molecule has 0 radical (unpaired) electrons. The molecule has 23 heavy (non-hydrogen) atoms. The van der Waals surface area contributed by atoms with Crippen LogP contribution in [0.4, 0.5) is 17.6 Å². The molecule has 0 unspecified atom stereocenters. The molecule has 2 fully saturated rings. The number of halogens is 6. The minimum absolute atomic E-state index is 0.319. The van der Waals surface area contributed by atoms with Gasteiger partial charge in [0.2, 0.25) is 0 Å². The summed E-state index contributed by atoms with van der Waals surface area (Å²) in [5.74, 6) is 0.174. The van der Waals surface area contributed by atoms with Crippen LogP contribution in [-0.4, -0.2) is 23.0 Å². The summed E-state index contributed by atoms with van der Waals surface area (Å²) in [5.41, 5.74) is 0. The van der Waals surface area contributed by atoms with Crippen molar-refractivity contribution < 1.29 is 17.6 Å². The standard InChI is InChI=1S/C8H12BrF3.C7H12BrF.C2H6/c9-5-6-1-3-7(4-2-6)8(10,11)12;8-5-6-1-3-7(9)4-2-6;1-2/h6-7H,1-5H2;6-7H,1-5H2;1-2H3. The summed E-state index contributed by atoms with van der Waals surface area (Å²) in [5, 5.41) is 1.90. The lowest BCUT2D eigenvalue weighted by molar-refractivity contribution is -0.183. The Balaban J connectivity index is 0.000000392. The molecule has 0 aromatic rings. The van der Waals surface area contributed by atoms with E-state index in [9.17, 15) is 17.6 Å². The Morgan fingerprint density at radius 1 is 0.739 bits per heavy atom. The summed E-state index contributed by atoms with van der Waals surface area (Å²) in [7, 11) is 0. The lowest BCUT2D eigenvalue weighted by Gasteiger charge is -2.28. The van der Waals surface area contributed by atoms with E-state index in [-0.39, 0.29) is 0 Å². The molecule has 140 valence electrons. The van der Waals surface area contributed by atoms with Gasteiger partial charge in [-0.3, -0.25) is 0 Å². The van der Waals surface area contributed by atoms with Crippen molar-refractivity contribution in [3.8, 4) is 0 Å². The van der Waals surface area contributed by atoms with Crippen LogP contribution in [0.3, 0.4) is 0 Å². The van der Waals surface area contributed by atoms with Crippen LogP contribution >= 0.6 is 31.9 Å². The van der Waals surface area contributed by atoms with Gasteiger partial charge in [-0.05, 0) is 63.2 Å². The first kappa shape index (κ1) is 23.7. The molecule has 0 spiro atoms. The molecule has 2 aliphatic carbocycles. The van der Waals surface area contributed by atoms with Gasteiger partial charge in [-0.1, -0.05) is 45.7 Å². The minimum atomic E-state index is -3.96. The first-order valence-corrected chi connectivity index (χ1v) is 10.9. The summed E-state index contributed by atoms with van der Waals surface area (Å²) >= 11 is 6.71. The Bertz CT molecular complexity index is 268. The van der Waals surface area contributed by atoms with Gasteiger partial charge in [-0.25, -0.2) is 4.39 Å². The fourth-order valence-corrected chi connectivity index (χ4v) is 4.22. The molecule has 2 saturated carbocycles. The van der Waals surface area contributed by atoms with E-state index < -0.39 is 18.3 Å². The summed E-state index contributed by atoms with van der Waals surface area (Å²) in [6.07, 6.45) is 1.34. The lowest BCUT2D eigenvalue weighted by Crippen LogP contribution is -2.28. The Morgan fingerprint density at radius 3 is 1.39 bits per heavy atom. The molecule has 0 amide bonds. The zero-order chi connectivity index (χ0) is 17.9. The smallest absolute Gasteiger partial charge is 0.247 e. The first-order valence-electron chi connectivity index (χ1n) is 8.69. The van der Waals surface area contributed by atoms with Crippen LogP contribution in [0.2, 0.25) is 0 Å². The number of alkyl halides is 6. The van der Waals surface area contributed by atoms with Gasteiger partial charge in [0.25, 0.3) is 0 Å². The summed E-state index contributed by atoms with van der Waals surface area (Å²) in [4.78, 5) is 0. The third-order valence-corrected chi connectivity index (χ3v) is 6.35. The third-order valence-electron chi connectivity index (χ3n) is 4.52. The molecule has 0 aliphatic heterocycles. The molecule has 2 rings (SSSR count). The van der Waals surface area contributed by atoms with E-state index in [1.807, 2.05) is 13.8 Å². The second-order valence-electron chi connectivity index (χ2n) is 6.19. The van der Waals surface area contributed by atoms with Gasteiger partial charge in [0.05, 0.1) is 5.92 Å². The average Bonchev–Trinajstić information content (AvgIpc) is 2.57. The zero-order valence-corrected chi connectivity index (χ0v) is 17.3. The van der Waals surface area contributed by atoms with Crippen molar-refractivity contribution in [2.75, 3.05) is 10.7 Å². The molecule has 0 bridgehead atoms. The Hall–Kier alpha value is 0.680. The van der Waals surface area contributed by atoms with Crippen LogP contribution in [0.15, 0.2) is 0 Å². The van der Waals surface area contributed by atoms with E-state index in [1.165, 1.54) is 0 Å². The van der Waals surface area contributed by atoms with Gasteiger partial charge in [0, 0.05) is 10.7 Å². The highest BCUT2D eigenvalue weighted by molar-refractivity contribution is 9.09. The Kier molecular flexibility index (Phi) is 13.3. The molecule has 6 heteroatoms. The van der Waals surface area contributed by atoms with Gasteiger partial charge in [-0.2, -0.15) is 13.2 Å². The van der Waals surface area contributed by atoms with Gasteiger partial charge >= 0.3 is 6.18 Å². The second kappa shape index (κ2) is 13.0. The predicted octanol–water partition coefficient (Wildman–Crippen LogP) is 7.69. The highest BCUT2D eigenvalue weighted by Crippen LogP contribution is 2.39. The van der Waals surface area contributed by atoms with Crippen LogP contribution in [0.25, 0.3) is 0 Å². The van der Waals surface area contributed by atoms with Crippen molar-refractivity contribution in [2.45, 2.75) is 77.6 Å². The molecular formula is C17H30Br2F4. The number of hydrogen-bond donors (Lipinski definition) is 0. The lowest BCUT2D eigenvalue weighted by atomic mass is 9.83. The molecule has 0 N–H and O–H groups in total. The molecule has 0 heterocycles. The van der Waals surface area contributed by atoms with Gasteiger partial charge in [0.1, 0.15) is 6.17 Å². The maximum atomic E-state index is 12.5. The molecule has 0 atom stereocenters. The van der Waals surface area contributed by atoms with Crippen molar-refractivity contribution in [3.63, 3.8) is 0 Å². The molecule has 0 aromatic heterocycles. The molecule has 2 aliphatic rings. The highest BCUT2D eigenvalue weighted by atomic mass is 79.9. The summed E-state index contributed by atoms with van der Waals surface area (Å²) in [6, 6.07) is 0. The summed E-state index contributed by atoms with van der Waals surface area (Å²) in [6.45, 7) is 4.00. The third kappa shape index (κ3) is 10.3. The van der Waals surface area contributed by atoms with Crippen molar-refractivity contribution in [3.05, 3.63) is 0 Å². The van der Waals surface area contributed by atoms with Crippen LogP contribution in [-0.2, 0) is 0 Å². The van der Waals surface area contributed by atoms with Gasteiger partial charge in [-0.15, -0.1) is 0 Å². The minimum Gasteiger partial charge on any atom is -0.247 e. The van der Waals surface area contributed by atoms with Crippen LogP contribution in [0.1, 0.15) is 65.2 Å². The highest BCUT2D eigenvalue weighted by Gasteiger charge is 2.41. The number of hydrogen-bond acceptors (Lipinski definition) is 0. The van der Waals surface area contributed by atoms with Crippen LogP contribution in [0, 0.1) is 17.8 Å². The topological polar surface area (TPSA) is 0 Å². The van der Waals surface area contributed by atoms with E-state index >= 15 is 0 Å². The monoisotopic (exact) mass is 468 g/mol. The van der Waals surface area contributed by atoms with E-state index in [1.54, 1.807) is 0 Å². The van der Waals surface area contributed by atoms with Crippen LogP contribution < -0.4 is 0 Å². The second-order valence-corrected chi connectivity index (χ2v) is 7.48. The molecule has 0 aromatic carbocycles. The van der Waals surface area contributed by atoms with E-state index in [4.69, 9.17) is 0 Å². The Morgan fingerprint density at radius 2 is 1.09 bits per heavy atom. The van der Waals surface area contributed by atoms with Gasteiger partial charge in [0.15, 0.2) is 0 Å². The molecular weight excluding hydrogens is 440 g/mol. The van der Waals surface area contributed by atoms with E-state index in [2.05, 4.69) is 31.9 Å². The number of rotatable bonds is 2. The maximum Gasteiger partial charge on any atom is 0.391 e. The maximum absolute atomic E-state index is 12.5. The molecule has 0 nitrogen and oxygen atoms in total. The SMILES string of the molecule is CC.FC(F)(F)C1CCC(CBr)CC1.FC1CCC(CBr)CC1. The largest absolute Gasteiger partial charge is 0.391 e. The molecule has 0 saturated heterocycles. The zero-order valence-electron chi connectivity index (χ0n) is 14.1. The predicted molar refractivity (Wildman–Crippen MR) is 97.3 cm³/mol. The quantitative estimate of drug-likeness (QED) is 0.287. The van der Waals surface area contributed by atoms with Gasteiger partial charge < -0.3 is 0 Å². The fourth-order valence-electron chi connectivity index (χ4n) is 2.92. The van der Waals surface area contributed by atoms with Crippen LogP contribution in [0.5, 0.6) is 0 Å². The van der Waals surface area contributed by atoms with Crippen molar-refractivity contribution in [1.82, 2.24) is 0 Å².